The molecular formula is C55H80N7O8+. The van der Waals surface area contributed by atoms with Gasteiger partial charge in [0, 0.05) is 79.8 Å². The van der Waals surface area contributed by atoms with E-state index in [2.05, 4.69) is 86.4 Å². The Morgan fingerprint density at radius 3 is 2.31 bits per heavy atom. The number of hydrogen-bond donors (Lipinski definition) is 3. The Labute approximate surface area is 416 Å². The quantitative estimate of drug-likeness (QED) is 0.0182. The first-order valence-electron chi connectivity index (χ1n) is 24.2. The Hall–Kier alpha value is -6.32. The van der Waals surface area contributed by atoms with Gasteiger partial charge >= 0.3 is 0 Å². The molecule has 1 fully saturated rings. The SMILES string of the molecule is C=CC(=O)N1CC(C=O)CC1C.CC(=O)C[N+](C)(C)C.CCC.CCCC/C=N\NC(=O)C(=N)Cc1cc(O)cc(-c2ccc3c(c2)c(CC(C)(C)COC=O)c(-c2cccnc2COC)n3CC)c1. The van der Waals surface area contributed by atoms with Gasteiger partial charge in [0.15, 0.2) is 5.78 Å². The number of hydrogen-bond acceptors (Lipinski definition) is 11. The number of phenols is 1. The summed E-state index contributed by atoms with van der Waals surface area (Å²) >= 11 is 0. The first kappa shape index (κ1) is 59.8. The van der Waals surface area contributed by atoms with Crippen LogP contribution < -0.4 is 5.43 Å². The van der Waals surface area contributed by atoms with Crippen LogP contribution in [0.15, 0.2) is 72.5 Å². The lowest BCUT2D eigenvalue weighted by molar-refractivity contribution is -0.862. The molecule has 70 heavy (non-hydrogen) atoms. The molecule has 3 N–H and O–H groups in total. The van der Waals surface area contributed by atoms with E-state index in [1.54, 1.807) is 43.5 Å². The Balaban J connectivity index is 0.000000597. The van der Waals surface area contributed by atoms with E-state index in [0.29, 0.717) is 44.7 Å². The second kappa shape index (κ2) is 29.7. The van der Waals surface area contributed by atoms with E-state index in [1.807, 2.05) is 46.3 Å². The molecule has 2 amide bonds. The molecule has 2 aromatic heterocycles. The summed E-state index contributed by atoms with van der Waals surface area (Å²) in [6.45, 7) is 22.5. The van der Waals surface area contributed by atoms with Gasteiger partial charge in [0.05, 0.1) is 45.7 Å². The third-order valence-electron chi connectivity index (χ3n) is 11.0. The zero-order valence-electron chi connectivity index (χ0n) is 43.9. The number of pyridine rings is 1. The molecule has 0 spiro atoms. The van der Waals surface area contributed by atoms with E-state index in [1.165, 1.54) is 12.5 Å². The molecule has 382 valence electrons. The second-order valence-corrected chi connectivity index (χ2v) is 19.5. The number of fused-ring (bicyclic) bond motifs is 1. The maximum absolute atomic E-state index is 12.5. The van der Waals surface area contributed by atoms with E-state index in [4.69, 9.17) is 14.9 Å². The highest BCUT2D eigenvalue weighted by atomic mass is 16.5. The number of unbranched alkanes of at least 4 members (excludes halogenated alkanes) is 2. The molecule has 3 heterocycles. The van der Waals surface area contributed by atoms with Crippen LogP contribution in [0.25, 0.3) is 33.3 Å². The normalized spacial score (nSPS) is 14.3. The molecule has 15 heteroatoms. The van der Waals surface area contributed by atoms with Crippen LogP contribution >= 0.6 is 0 Å². The maximum Gasteiger partial charge on any atom is 0.293 e. The molecule has 2 atom stereocenters. The number of phenolic OH excluding ortho intramolecular Hbond substituents is 1. The van der Waals surface area contributed by atoms with E-state index >= 15 is 0 Å². The number of methoxy groups -OCH3 is 1. The van der Waals surface area contributed by atoms with Crippen molar-refractivity contribution in [3.63, 3.8) is 0 Å². The van der Waals surface area contributed by atoms with Gasteiger partial charge in [-0.2, -0.15) is 5.10 Å². The minimum absolute atomic E-state index is 0.0175. The zero-order chi connectivity index (χ0) is 52.6. The molecule has 0 radical (unpaired) electrons. The van der Waals surface area contributed by atoms with Gasteiger partial charge in [-0.3, -0.25) is 29.6 Å². The smallest absolute Gasteiger partial charge is 0.293 e. The highest BCUT2D eigenvalue weighted by Gasteiger charge is 2.31. The van der Waals surface area contributed by atoms with E-state index in [9.17, 15) is 29.1 Å². The fraction of sp³-hybridized carbons (Fsp3) is 0.491. The number of nitrogens with one attached hydrogen (secondary N) is 2. The number of ketones is 1. The predicted molar refractivity (Wildman–Crippen MR) is 281 cm³/mol. The zero-order valence-corrected chi connectivity index (χ0v) is 43.9. The van der Waals surface area contributed by atoms with Crippen molar-refractivity contribution in [2.24, 2.45) is 16.4 Å². The number of rotatable bonds is 21. The number of benzene rings is 2. The van der Waals surface area contributed by atoms with Crippen LogP contribution in [0.2, 0.25) is 0 Å². The fourth-order valence-electron chi connectivity index (χ4n) is 8.14. The molecule has 15 nitrogen and oxygen atoms in total. The number of quaternary nitrogens is 1. The number of aryl methyl sites for hydroxylation is 1. The van der Waals surface area contributed by atoms with Crippen molar-refractivity contribution in [3.05, 3.63) is 84.2 Å². The van der Waals surface area contributed by atoms with E-state index < -0.39 is 5.91 Å². The van der Waals surface area contributed by atoms with Crippen LogP contribution in [0.4, 0.5) is 0 Å². The third-order valence-corrected chi connectivity index (χ3v) is 11.0. The van der Waals surface area contributed by atoms with Crippen molar-refractivity contribution in [2.75, 3.05) is 47.9 Å². The number of carbonyl (C=O) groups is 5. The Morgan fingerprint density at radius 2 is 1.76 bits per heavy atom. The summed E-state index contributed by atoms with van der Waals surface area (Å²) in [4.78, 5) is 62.0. The highest BCUT2D eigenvalue weighted by molar-refractivity contribution is 6.38. The number of hydrazone groups is 1. The van der Waals surface area contributed by atoms with Crippen molar-refractivity contribution < 1.29 is 43.0 Å². The Kier molecular flexibility index (Phi) is 25.3. The number of amides is 2. The lowest BCUT2D eigenvalue weighted by Gasteiger charge is -2.24. The minimum atomic E-state index is -0.577. The van der Waals surface area contributed by atoms with Gasteiger partial charge in [-0.1, -0.05) is 66.2 Å². The largest absolute Gasteiger partial charge is 0.508 e. The number of ether oxygens (including phenoxy) is 2. The van der Waals surface area contributed by atoms with Gasteiger partial charge in [-0.25, -0.2) is 5.43 Å². The summed E-state index contributed by atoms with van der Waals surface area (Å²) in [6, 6.07) is 15.5. The summed E-state index contributed by atoms with van der Waals surface area (Å²) in [5.74, 6) is -0.345. The van der Waals surface area contributed by atoms with Gasteiger partial charge in [-0.05, 0) is 104 Å². The molecule has 2 aromatic carbocycles. The van der Waals surface area contributed by atoms with Crippen LogP contribution in [0.5, 0.6) is 5.75 Å². The first-order chi connectivity index (χ1) is 33.1. The van der Waals surface area contributed by atoms with Gasteiger partial charge in [0.25, 0.3) is 12.4 Å². The molecule has 1 saturated heterocycles. The predicted octanol–water partition coefficient (Wildman–Crippen LogP) is 9.14. The summed E-state index contributed by atoms with van der Waals surface area (Å²) in [5.41, 5.74) is 9.12. The van der Waals surface area contributed by atoms with Crippen molar-refractivity contribution in [1.29, 1.82) is 5.41 Å². The maximum atomic E-state index is 12.5. The molecule has 4 aromatic rings. The standard InChI is InChI=1S/C37H45N5O5.C9H13NO2.C6H14NO.C3H8/c1-6-8-9-15-40-41-36(45)32(38)18-25-16-27(19-28(44)17-25)26-12-13-34-30(20-26)31(21-37(3,4)23-47-24-43)35(42(34)7-2)29-11-10-14-39-33(29)22-46-5;1-3-9(12)10-5-8(6-11)4-7(10)2;1-6(8)5-7(2,3)4;1-3-2/h10-17,19-20,24,38,44H,6-9,18,21-23H2,1-5H3,(H,41,45);3,6-8H,1,4-5H2,2H3;5H2,1-4H3;3H2,1-2H3/q;;+1;/b38-32?,40-15-;;;. The summed E-state index contributed by atoms with van der Waals surface area (Å²) in [5, 5.41) is 24.0. The molecule has 5 rings (SSSR count). The lowest BCUT2D eigenvalue weighted by Crippen LogP contribution is -2.38. The summed E-state index contributed by atoms with van der Waals surface area (Å²) in [6.07, 6.45) is 11.1. The topological polar surface area (TPSA) is 193 Å². The molecule has 0 aliphatic carbocycles. The van der Waals surface area contributed by atoms with Gasteiger partial charge in [-0.15, -0.1) is 0 Å². The fourth-order valence-corrected chi connectivity index (χ4v) is 8.14. The average molecular weight is 967 g/mol. The monoisotopic (exact) mass is 967 g/mol. The number of likely N-dealkylation sites (N-methyl/N-ethyl adjacent to an activating group) is 1. The Morgan fingerprint density at radius 1 is 1.06 bits per heavy atom. The van der Waals surface area contributed by atoms with Crippen molar-refractivity contribution in [1.82, 2.24) is 19.9 Å². The number of aldehydes is 1. The number of carbonyl (C=O) groups excluding carboxylic acids is 5. The van der Waals surface area contributed by atoms with Crippen LogP contribution in [-0.2, 0) is 59.4 Å². The van der Waals surface area contributed by atoms with E-state index in [-0.39, 0.29) is 53.6 Å². The number of aromatic hydroxyl groups is 1. The van der Waals surface area contributed by atoms with Gasteiger partial charge in [0.1, 0.15) is 24.3 Å². The average Bonchev–Trinajstić information content (AvgIpc) is 3.83. The van der Waals surface area contributed by atoms with Crippen molar-refractivity contribution in [3.8, 4) is 28.1 Å². The van der Waals surface area contributed by atoms with Crippen molar-refractivity contribution >= 4 is 53.2 Å². The third kappa shape index (κ3) is 19.2. The van der Waals surface area contributed by atoms with Crippen LogP contribution in [0, 0.1) is 16.7 Å². The number of Topliss-reactive ketones (excluding diaryl/α,β-unsaturated/α-hetero) is 1. The number of aromatic nitrogens is 2. The number of nitrogens with zero attached hydrogens (tertiary/aromatic N) is 5. The Bertz CT molecular complexity index is 2400. The minimum Gasteiger partial charge on any atom is -0.508 e. The molecule has 2 unspecified atom stereocenters. The summed E-state index contributed by atoms with van der Waals surface area (Å²) < 4.78 is 13.7. The van der Waals surface area contributed by atoms with Crippen molar-refractivity contribution in [2.45, 2.75) is 120 Å². The molecule has 0 saturated carbocycles. The van der Waals surface area contributed by atoms with Crippen LogP contribution in [0.3, 0.4) is 0 Å². The first-order valence-corrected chi connectivity index (χ1v) is 24.2. The molecule has 1 aliphatic heterocycles. The lowest BCUT2D eigenvalue weighted by atomic mass is 9.84. The molecule has 0 bridgehead atoms. The van der Waals surface area contributed by atoms with Crippen LogP contribution in [-0.4, -0.2) is 120 Å². The molecule has 1 aliphatic rings. The highest BCUT2D eigenvalue weighted by Crippen LogP contribution is 2.41. The van der Waals surface area contributed by atoms with Gasteiger partial charge < -0.3 is 33.3 Å². The van der Waals surface area contributed by atoms with E-state index in [0.717, 1.165) is 81.0 Å². The van der Waals surface area contributed by atoms with Crippen LogP contribution in [0.1, 0.15) is 104 Å². The summed E-state index contributed by atoms with van der Waals surface area (Å²) in [7, 11) is 7.66. The second-order valence-electron chi connectivity index (χ2n) is 19.5. The number of likely N-dealkylation sites (tertiary alicyclic amines) is 1. The van der Waals surface area contributed by atoms with Gasteiger partial charge in [0.2, 0.25) is 5.91 Å². The molecular weight excluding hydrogens is 887 g/mol.